The van der Waals surface area contributed by atoms with Gasteiger partial charge in [0.1, 0.15) is 0 Å². The van der Waals surface area contributed by atoms with Crippen molar-refractivity contribution in [3.63, 3.8) is 0 Å². The standard InChI is InChI=1S/C15H17F3N2O3/c1-10-2-3-12(11-4-6-19-7-5-11)20(8-10)13(21)14(22)23-9-15(16,17)18/h4-7,10,12H,2-3,8-9H2,1H3/t10-,12+/m0/s1. The van der Waals surface area contributed by atoms with Crippen molar-refractivity contribution in [3.05, 3.63) is 30.1 Å². The Balaban J connectivity index is 2.12. The van der Waals surface area contributed by atoms with Crippen molar-refractivity contribution in [1.29, 1.82) is 0 Å². The van der Waals surface area contributed by atoms with Gasteiger partial charge >= 0.3 is 18.1 Å². The van der Waals surface area contributed by atoms with E-state index in [2.05, 4.69) is 9.72 Å². The molecule has 1 aliphatic heterocycles. The van der Waals surface area contributed by atoms with Gasteiger partial charge in [0.2, 0.25) is 0 Å². The number of esters is 1. The molecule has 1 fully saturated rings. The molecule has 0 saturated carbocycles. The van der Waals surface area contributed by atoms with Gasteiger partial charge < -0.3 is 9.64 Å². The van der Waals surface area contributed by atoms with Gasteiger partial charge in [0.05, 0.1) is 6.04 Å². The zero-order chi connectivity index (χ0) is 17.0. The Bertz CT molecular complexity index is 563. The molecule has 1 aromatic rings. The number of rotatable bonds is 2. The largest absolute Gasteiger partial charge is 0.449 e. The lowest BCUT2D eigenvalue weighted by atomic mass is 9.90. The van der Waals surface area contributed by atoms with Crippen LogP contribution in [0.2, 0.25) is 0 Å². The molecule has 8 heteroatoms. The van der Waals surface area contributed by atoms with Crippen molar-refractivity contribution in [1.82, 2.24) is 9.88 Å². The van der Waals surface area contributed by atoms with E-state index >= 15 is 0 Å². The summed E-state index contributed by atoms with van der Waals surface area (Å²) in [5.41, 5.74) is 0.795. The van der Waals surface area contributed by atoms with Crippen LogP contribution in [-0.4, -0.2) is 41.1 Å². The summed E-state index contributed by atoms with van der Waals surface area (Å²) in [6.45, 7) is 0.456. The Hall–Kier alpha value is -2.12. The summed E-state index contributed by atoms with van der Waals surface area (Å²) in [4.78, 5) is 29.0. The van der Waals surface area contributed by atoms with Crippen LogP contribution in [0.4, 0.5) is 13.2 Å². The number of hydrogen-bond donors (Lipinski definition) is 0. The summed E-state index contributed by atoms with van der Waals surface area (Å²) in [5, 5.41) is 0. The molecule has 0 radical (unpaired) electrons. The Morgan fingerprint density at radius 2 is 1.96 bits per heavy atom. The third-order valence-corrected chi connectivity index (χ3v) is 3.71. The van der Waals surface area contributed by atoms with E-state index < -0.39 is 24.7 Å². The van der Waals surface area contributed by atoms with Crippen molar-refractivity contribution in [3.8, 4) is 0 Å². The average molecular weight is 330 g/mol. The maximum absolute atomic E-state index is 12.2. The molecule has 1 aliphatic rings. The van der Waals surface area contributed by atoms with E-state index in [0.29, 0.717) is 13.0 Å². The third kappa shape index (κ3) is 4.67. The minimum Gasteiger partial charge on any atom is -0.449 e. The number of hydrogen-bond acceptors (Lipinski definition) is 4. The maximum Gasteiger partial charge on any atom is 0.422 e. The number of piperidine rings is 1. The Morgan fingerprint density at radius 3 is 2.57 bits per heavy atom. The number of ether oxygens (including phenoxy) is 1. The number of halogens is 3. The topological polar surface area (TPSA) is 59.5 Å². The van der Waals surface area contributed by atoms with Crippen LogP contribution < -0.4 is 0 Å². The van der Waals surface area contributed by atoms with Crippen LogP contribution in [0.5, 0.6) is 0 Å². The fourth-order valence-electron chi connectivity index (χ4n) is 2.64. The summed E-state index contributed by atoms with van der Waals surface area (Å²) < 4.78 is 40.4. The highest BCUT2D eigenvalue weighted by Crippen LogP contribution is 2.33. The molecule has 0 N–H and O–H groups in total. The maximum atomic E-state index is 12.2. The van der Waals surface area contributed by atoms with Crippen LogP contribution in [0.1, 0.15) is 31.4 Å². The van der Waals surface area contributed by atoms with E-state index in [9.17, 15) is 22.8 Å². The van der Waals surface area contributed by atoms with E-state index in [1.165, 1.54) is 4.90 Å². The highest BCUT2D eigenvalue weighted by Gasteiger charge is 2.37. The Labute approximate surface area is 131 Å². The highest BCUT2D eigenvalue weighted by molar-refractivity contribution is 6.32. The number of carbonyl (C=O) groups is 2. The second-order valence-corrected chi connectivity index (χ2v) is 5.63. The molecular formula is C15H17F3N2O3. The molecule has 5 nitrogen and oxygen atoms in total. The van der Waals surface area contributed by atoms with E-state index in [-0.39, 0.29) is 12.0 Å². The van der Waals surface area contributed by atoms with Crippen LogP contribution in [-0.2, 0) is 14.3 Å². The molecule has 2 rings (SSSR count). The third-order valence-electron chi connectivity index (χ3n) is 3.71. The molecule has 126 valence electrons. The van der Waals surface area contributed by atoms with Crippen LogP contribution >= 0.6 is 0 Å². The molecule has 0 bridgehead atoms. The fraction of sp³-hybridized carbons (Fsp3) is 0.533. The predicted octanol–water partition coefficient (Wildman–Crippen LogP) is 2.49. The van der Waals surface area contributed by atoms with E-state index in [1.54, 1.807) is 24.5 Å². The summed E-state index contributed by atoms with van der Waals surface area (Å²) in [7, 11) is 0. The van der Waals surface area contributed by atoms with Crippen molar-refractivity contribution >= 4 is 11.9 Å². The monoisotopic (exact) mass is 330 g/mol. The van der Waals surface area contributed by atoms with Gasteiger partial charge in [0.15, 0.2) is 6.61 Å². The molecule has 1 amide bonds. The first kappa shape index (κ1) is 17.2. The van der Waals surface area contributed by atoms with Crippen LogP contribution in [0.25, 0.3) is 0 Å². The molecule has 0 aliphatic carbocycles. The SMILES string of the molecule is C[C@H]1CC[C@H](c2ccncc2)N(C(=O)C(=O)OCC(F)(F)F)C1. The van der Waals surface area contributed by atoms with Gasteiger partial charge in [-0.15, -0.1) is 0 Å². The first-order chi connectivity index (χ1) is 10.8. The normalized spacial score (nSPS) is 21.8. The van der Waals surface area contributed by atoms with Crippen molar-refractivity contribution in [2.45, 2.75) is 32.0 Å². The average Bonchev–Trinajstić information content (AvgIpc) is 2.52. The molecule has 2 atom stereocenters. The zero-order valence-electron chi connectivity index (χ0n) is 12.5. The summed E-state index contributed by atoms with van der Waals surface area (Å²) in [6, 6.07) is 3.09. The second kappa shape index (κ2) is 6.97. The van der Waals surface area contributed by atoms with Gasteiger partial charge in [0.25, 0.3) is 0 Å². The number of aromatic nitrogens is 1. The minimum absolute atomic E-state index is 0.160. The van der Waals surface area contributed by atoms with Crippen LogP contribution in [0.3, 0.4) is 0 Å². The molecule has 2 heterocycles. The lowest BCUT2D eigenvalue weighted by Crippen LogP contribution is -2.45. The van der Waals surface area contributed by atoms with E-state index in [4.69, 9.17) is 0 Å². The lowest BCUT2D eigenvalue weighted by Gasteiger charge is -2.38. The van der Waals surface area contributed by atoms with Gasteiger partial charge in [-0.05, 0) is 36.5 Å². The first-order valence-electron chi connectivity index (χ1n) is 7.22. The minimum atomic E-state index is -4.66. The zero-order valence-corrected chi connectivity index (χ0v) is 12.5. The molecule has 0 unspecified atom stereocenters. The number of pyridine rings is 1. The smallest absolute Gasteiger partial charge is 0.422 e. The van der Waals surface area contributed by atoms with Crippen LogP contribution in [0, 0.1) is 5.92 Å². The number of likely N-dealkylation sites (tertiary alicyclic amines) is 1. The van der Waals surface area contributed by atoms with Crippen molar-refractivity contribution in [2.24, 2.45) is 5.92 Å². The Kier molecular flexibility index (Phi) is 5.23. The summed E-state index contributed by atoms with van der Waals surface area (Å²) in [5.74, 6) is -2.36. The van der Waals surface area contributed by atoms with Gasteiger partial charge in [-0.25, -0.2) is 4.79 Å². The van der Waals surface area contributed by atoms with Crippen molar-refractivity contribution in [2.75, 3.05) is 13.2 Å². The predicted molar refractivity (Wildman–Crippen MR) is 74.1 cm³/mol. The molecule has 1 saturated heterocycles. The van der Waals surface area contributed by atoms with Crippen LogP contribution in [0.15, 0.2) is 24.5 Å². The second-order valence-electron chi connectivity index (χ2n) is 5.63. The number of nitrogens with zero attached hydrogens (tertiary/aromatic N) is 2. The number of alkyl halides is 3. The molecule has 23 heavy (non-hydrogen) atoms. The number of carbonyl (C=O) groups excluding carboxylic acids is 2. The van der Waals surface area contributed by atoms with Gasteiger partial charge in [-0.1, -0.05) is 6.92 Å². The molecule has 0 aromatic carbocycles. The molecule has 1 aromatic heterocycles. The summed E-state index contributed by atoms with van der Waals surface area (Å²) in [6.07, 6.45) is -0.0382. The van der Waals surface area contributed by atoms with E-state index in [0.717, 1.165) is 12.0 Å². The molecule has 0 spiro atoms. The first-order valence-corrected chi connectivity index (χ1v) is 7.22. The quantitative estimate of drug-likeness (QED) is 0.617. The lowest BCUT2D eigenvalue weighted by molar-refractivity contribution is -0.190. The van der Waals surface area contributed by atoms with Gasteiger partial charge in [-0.3, -0.25) is 9.78 Å². The Morgan fingerprint density at radius 1 is 1.30 bits per heavy atom. The van der Waals surface area contributed by atoms with Gasteiger partial charge in [-0.2, -0.15) is 13.2 Å². The number of amides is 1. The van der Waals surface area contributed by atoms with Gasteiger partial charge in [0, 0.05) is 18.9 Å². The molecular weight excluding hydrogens is 313 g/mol. The van der Waals surface area contributed by atoms with Crippen molar-refractivity contribution < 1.29 is 27.5 Å². The summed E-state index contributed by atoms with van der Waals surface area (Å²) >= 11 is 0. The highest BCUT2D eigenvalue weighted by atomic mass is 19.4. The van der Waals surface area contributed by atoms with E-state index in [1.807, 2.05) is 6.92 Å². The fourth-order valence-corrected chi connectivity index (χ4v) is 2.64.